The van der Waals surface area contributed by atoms with Crippen LogP contribution in [0, 0.1) is 0 Å². The Labute approximate surface area is 101 Å². The molecule has 1 atom stereocenters. The van der Waals surface area contributed by atoms with E-state index in [0.29, 0.717) is 23.4 Å². The van der Waals surface area contributed by atoms with Crippen molar-refractivity contribution in [1.82, 2.24) is 5.32 Å². The number of benzene rings is 1. The van der Waals surface area contributed by atoms with Gasteiger partial charge in [-0.25, -0.2) is 0 Å². The van der Waals surface area contributed by atoms with Gasteiger partial charge in [-0.15, -0.1) is 0 Å². The summed E-state index contributed by atoms with van der Waals surface area (Å²) in [6, 6.07) is 7.59. The summed E-state index contributed by atoms with van der Waals surface area (Å²) in [4.78, 5) is 0. The highest BCUT2D eigenvalue weighted by atomic mass is 35.5. The highest BCUT2D eigenvalue weighted by molar-refractivity contribution is 6.32. The third-order valence-electron chi connectivity index (χ3n) is 2.03. The molecule has 0 spiro atoms. The molecule has 90 valence electrons. The standard InChI is InChI=1S/C12H18ClNO2/c1-9(2)14-7-10(15)8-16-12-6-4-3-5-11(12)13/h3-6,9-10,14-15H,7-8H2,1-2H3. The summed E-state index contributed by atoms with van der Waals surface area (Å²) in [6.45, 7) is 4.81. The van der Waals surface area contributed by atoms with E-state index in [2.05, 4.69) is 5.32 Å². The summed E-state index contributed by atoms with van der Waals surface area (Å²) in [6.07, 6.45) is -0.529. The van der Waals surface area contributed by atoms with Crippen LogP contribution in [0.5, 0.6) is 5.75 Å². The molecule has 0 amide bonds. The SMILES string of the molecule is CC(C)NCC(O)COc1ccccc1Cl. The lowest BCUT2D eigenvalue weighted by molar-refractivity contribution is 0.105. The van der Waals surface area contributed by atoms with Crippen LogP contribution in [0.2, 0.25) is 5.02 Å². The van der Waals surface area contributed by atoms with Crippen LogP contribution >= 0.6 is 11.6 Å². The highest BCUT2D eigenvalue weighted by Gasteiger charge is 2.07. The van der Waals surface area contributed by atoms with Gasteiger partial charge in [-0.1, -0.05) is 37.6 Å². The van der Waals surface area contributed by atoms with E-state index >= 15 is 0 Å². The second kappa shape index (κ2) is 6.74. The smallest absolute Gasteiger partial charge is 0.138 e. The van der Waals surface area contributed by atoms with E-state index in [1.54, 1.807) is 12.1 Å². The van der Waals surface area contributed by atoms with Crippen LogP contribution in [0.4, 0.5) is 0 Å². The molecule has 0 aliphatic rings. The van der Waals surface area contributed by atoms with Gasteiger partial charge in [0.25, 0.3) is 0 Å². The van der Waals surface area contributed by atoms with Gasteiger partial charge in [-0.2, -0.15) is 0 Å². The zero-order valence-electron chi connectivity index (χ0n) is 9.61. The average molecular weight is 244 g/mol. The summed E-state index contributed by atoms with van der Waals surface area (Å²) in [5.74, 6) is 0.604. The van der Waals surface area contributed by atoms with Crippen molar-refractivity contribution in [1.29, 1.82) is 0 Å². The Kier molecular flexibility index (Phi) is 5.60. The molecule has 1 rings (SSSR count). The van der Waals surface area contributed by atoms with Gasteiger partial charge in [0, 0.05) is 12.6 Å². The van der Waals surface area contributed by atoms with Gasteiger partial charge in [0.1, 0.15) is 18.5 Å². The Morgan fingerprint density at radius 3 is 2.69 bits per heavy atom. The maximum Gasteiger partial charge on any atom is 0.138 e. The summed E-state index contributed by atoms with van der Waals surface area (Å²) < 4.78 is 5.41. The zero-order chi connectivity index (χ0) is 12.0. The number of aliphatic hydroxyl groups excluding tert-OH is 1. The van der Waals surface area contributed by atoms with Crippen LogP contribution in [-0.2, 0) is 0 Å². The van der Waals surface area contributed by atoms with Crippen LogP contribution in [0.1, 0.15) is 13.8 Å². The topological polar surface area (TPSA) is 41.5 Å². The lowest BCUT2D eigenvalue weighted by Gasteiger charge is -2.15. The Morgan fingerprint density at radius 1 is 1.38 bits per heavy atom. The Balaban J connectivity index is 2.31. The van der Waals surface area contributed by atoms with Crippen LogP contribution in [0.25, 0.3) is 0 Å². The Hall–Kier alpha value is -0.770. The van der Waals surface area contributed by atoms with E-state index in [0.717, 1.165) is 0 Å². The number of aliphatic hydroxyl groups is 1. The van der Waals surface area contributed by atoms with Crippen molar-refractivity contribution < 1.29 is 9.84 Å². The second-order valence-corrected chi connectivity index (χ2v) is 4.37. The molecule has 0 bridgehead atoms. The number of hydrogen-bond acceptors (Lipinski definition) is 3. The number of nitrogens with one attached hydrogen (secondary N) is 1. The molecule has 16 heavy (non-hydrogen) atoms. The zero-order valence-corrected chi connectivity index (χ0v) is 10.4. The first kappa shape index (κ1) is 13.3. The quantitative estimate of drug-likeness (QED) is 0.804. The maximum absolute atomic E-state index is 9.62. The molecule has 0 radical (unpaired) electrons. The molecule has 0 aliphatic carbocycles. The average Bonchev–Trinajstić information content (AvgIpc) is 2.25. The fourth-order valence-electron chi connectivity index (χ4n) is 1.18. The molecule has 1 unspecified atom stereocenters. The Morgan fingerprint density at radius 2 is 2.06 bits per heavy atom. The van der Waals surface area contributed by atoms with Gasteiger partial charge >= 0.3 is 0 Å². The monoisotopic (exact) mass is 243 g/mol. The predicted molar refractivity (Wildman–Crippen MR) is 66.1 cm³/mol. The fraction of sp³-hybridized carbons (Fsp3) is 0.500. The van der Waals surface area contributed by atoms with Crippen molar-refractivity contribution in [3.05, 3.63) is 29.3 Å². The second-order valence-electron chi connectivity index (χ2n) is 3.96. The predicted octanol–water partition coefficient (Wildman–Crippen LogP) is 2.08. The summed E-state index contributed by atoms with van der Waals surface area (Å²) in [5, 5.41) is 13.3. The van der Waals surface area contributed by atoms with Gasteiger partial charge in [-0.05, 0) is 12.1 Å². The van der Waals surface area contributed by atoms with Gasteiger partial charge in [0.2, 0.25) is 0 Å². The molecule has 1 aromatic carbocycles. The first-order valence-corrected chi connectivity index (χ1v) is 5.76. The highest BCUT2D eigenvalue weighted by Crippen LogP contribution is 2.22. The van der Waals surface area contributed by atoms with E-state index in [9.17, 15) is 5.11 Å². The number of para-hydroxylation sites is 1. The first-order chi connectivity index (χ1) is 7.59. The fourth-order valence-corrected chi connectivity index (χ4v) is 1.37. The van der Waals surface area contributed by atoms with Gasteiger partial charge in [0.05, 0.1) is 5.02 Å². The largest absolute Gasteiger partial charge is 0.489 e. The molecule has 0 saturated heterocycles. The van der Waals surface area contributed by atoms with E-state index < -0.39 is 6.10 Å². The first-order valence-electron chi connectivity index (χ1n) is 5.38. The minimum Gasteiger partial charge on any atom is -0.489 e. The minimum atomic E-state index is -0.529. The van der Waals surface area contributed by atoms with Crippen LogP contribution in [-0.4, -0.2) is 30.4 Å². The number of halogens is 1. The van der Waals surface area contributed by atoms with E-state index in [1.165, 1.54) is 0 Å². The molecule has 0 fully saturated rings. The summed E-state index contributed by atoms with van der Waals surface area (Å²) in [7, 11) is 0. The molecule has 0 aliphatic heterocycles. The summed E-state index contributed by atoms with van der Waals surface area (Å²) in [5.41, 5.74) is 0. The molecule has 4 heteroatoms. The number of rotatable bonds is 6. The lowest BCUT2D eigenvalue weighted by Crippen LogP contribution is -2.35. The third kappa shape index (κ3) is 4.84. The molecule has 0 heterocycles. The molecular weight excluding hydrogens is 226 g/mol. The molecule has 0 aromatic heterocycles. The van der Waals surface area contributed by atoms with Crippen molar-refractivity contribution in [3.8, 4) is 5.75 Å². The van der Waals surface area contributed by atoms with E-state index in [1.807, 2.05) is 26.0 Å². The van der Waals surface area contributed by atoms with Gasteiger partial charge < -0.3 is 15.2 Å². The van der Waals surface area contributed by atoms with Crippen molar-refractivity contribution in [2.45, 2.75) is 26.0 Å². The van der Waals surface area contributed by atoms with Gasteiger partial charge in [0.15, 0.2) is 0 Å². The minimum absolute atomic E-state index is 0.240. The molecular formula is C12H18ClNO2. The van der Waals surface area contributed by atoms with Gasteiger partial charge in [-0.3, -0.25) is 0 Å². The van der Waals surface area contributed by atoms with Crippen molar-refractivity contribution in [3.63, 3.8) is 0 Å². The van der Waals surface area contributed by atoms with Crippen LogP contribution in [0.15, 0.2) is 24.3 Å². The maximum atomic E-state index is 9.62. The van der Waals surface area contributed by atoms with E-state index in [-0.39, 0.29) is 6.61 Å². The Bertz CT molecular complexity index is 318. The molecule has 1 aromatic rings. The van der Waals surface area contributed by atoms with E-state index in [4.69, 9.17) is 16.3 Å². The van der Waals surface area contributed by atoms with Crippen molar-refractivity contribution in [2.24, 2.45) is 0 Å². The lowest BCUT2D eigenvalue weighted by atomic mass is 10.3. The van der Waals surface area contributed by atoms with Crippen LogP contribution < -0.4 is 10.1 Å². The molecule has 3 nitrogen and oxygen atoms in total. The van der Waals surface area contributed by atoms with Crippen LogP contribution in [0.3, 0.4) is 0 Å². The number of ether oxygens (including phenoxy) is 1. The van der Waals surface area contributed by atoms with Crippen molar-refractivity contribution in [2.75, 3.05) is 13.2 Å². The number of hydrogen-bond donors (Lipinski definition) is 2. The molecule has 0 saturated carbocycles. The van der Waals surface area contributed by atoms with Crippen molar-refractivity contribution >= 4 is 11.6 Å². The normalized spacial score (nSPS) is 12.8. The third-order valence-corrected chi connectivity index (χ3v) is 2.34. The molecule has 2 N–H and O–H groups in total. The summed E-state index contributed by atoms with van der Waals surface area (Å²) >= 11 is 5.91.